The zero-order valence-electron chi connectivity index (χ0n) is 11.5. The maximum atomic E-state index is 13.6. The van der Waals surface area contributed by atoms with Gasteiger partial charge in [-0.05, 0) is 31.2 Å². The van der Waals surface area contributed by atoms with Crippen LogP contribution in [0.2, 0.25) is 0 Å². The van der Waals surface area contributed by atoms with E-state index < -0.39 is 11.7 Å². The van der Waals surface area contributed by atoms with E-state index in [9.17, 15) is 9.18 Å². The van der Waals surface area contributed by atoms with Crippen LogP contribution in [0.3, 0.4) is 0 Å². The molecule has 0 aliphatic rings. The third-order valence-corrected chi connectivity index (χ3v) is 3.34. The first-order chi connectivity index (χ1) is 10.1. The number of carbonyl (C=O) groups excluding carboxylic acids is 1. The lowest BCUT2D eigenvalue weighted by molar-refractivity contribution is 0.0931. The van der Waals surface area contributed by atoms with Gasteiger partial charge in [-0.25, -0.2) is 4.39 Å². The molecular weight excluding hydrogens is 269 g/mol. The molecule has 3 nitrogen and oxygen atoms in total. The normalized spacial score (nSPS) is 12.3. The van der Waals surface area contributed by atoms with Crippen LogP contribution in [0.4, 0.5) is 4.39 Å². The van der Waals surface area contributed by atoms with Crippen molar-refractivity contribution in [1.29, 1.82) is 0 Å². The summed E-state index contributed by atoms with van der Waals surface area (Å²) in [5.41, 5.74) is 0.792. The van der Waals surface area contributed by atoms with Crippen LogP contribution in [0.5, 0.6) is 0 Å². The van der Waals surface area contributed by atoms with E-state index >= 15 is 0 Å². The number of para-hydroxylation sites is 1. The summed E-state index contributed by atoms with van der Waals surface area (Å²) in [7, 11) is 0. The van der Waals surface area contributed by atoms with Crippen LogP contribution in [0.1, 0.15) is 29.1 Å². The Morgan fingerprint density at radius 2 is 1.86 bits per heavy atom. The highest BCUT2D eigenvalue weighted by molar-refractivity contribution is 5.94. The molecule has 1 amide bonds. The van der Waals surface area contributed by atoms with Gasteiger partial charge in [0.1, 0.15) is 17.2 Å². The van der Waals surface area contributed by atoms with Crippen LogP contribution in [0, 0.1) is 5.82 Å². The van der Waals surface area contributed by atoms with Gasteiger partial charge in [0.15, 0.2) is 0 Å². The first-order valence-corrected chi connectivity index (χ1v) is 6.69. The van der Waals surface area contributed by atoms with Gasteiger partial charge in [0, 0.05) is 5.39 Å². The molecule has 0 aliphatic carbocycles. The number of hydrogen-bond donors (Lipinski definition) is 1. The Hall–Kier alpha value is -2.62. The van der Waals surface area contributed by atoms with Crippen LogP contribution < -0.4 is 5.32 Å². The van der Waals surface area contributed by atoms with Crippen molar-refractivity contribution >= 4 is 16.9 Å². The molecule has 1 atom stereocenters. The summed E-state index contributed by atoms with van der Waals surface area (Å²) < 4.78 is 19.3. The number of nitrogens with one attached hydrogen (secondary N) is 1. The van der Waals surface area contributed by atoms with Gasteiger partial charge in [-0.15, -0.1) is 0 Å². The molecule has 0 unspecified atom stereocenters. The molecule has 0 aliphatic heterocycles. The predicted octanol–water partition coefficient (Wildman–Crippen LogP) is 4.06. The summed E-state index contributed by atoms with van der Waals surface area (Å²) in [6.45, 7) is 1.80. The van der Waals surface area contributed by atoms with E-state index in [0.717, 1.165) is 11.0 Å². The molecule has 1 heterocycles. The molecule has 4 heteroatoms. The van der Waals surface area contributed by atoms with Crippen molar-refractivity contribution in [2.24, 2.45) is 0 Å². The van der Waals surface area contributed by atoms with E-state index in [-0.39, 0.29) is 11.6 Å². The Morgan fingerprint density at radius 3 is 2.62 bits per heavy atom. The summed E-state index contributed by atoms with van der Waals surface area (Å²) in [5.74, 6) is -0.353. The van der Waals surface area contributed by atoms with Crippen molar-refractivity contribution in [2.45, 2.75) is 13.0 Å². The van der Waals surface area contributed by atoms with Crippen molar-refractivity contribution in [3.8, 4) is 0 Å². The fraction of sp³-hybridized carbons (Fsp3) is 0.118. The van der Waals surface area contributed by atoms with E-state index in [2.05, 4.69) is 5.32 Å². The van der Waals surface area contributed by atoms with Crippen LogP contribution >= 0.6 is 0 Å². The van der Waals surface area contributed by atoms with Crippen LogP contribution in [0.25, 0.3) is 11.0 Å². The van der Waals surface area contributed by atoms with Gasteiger partial charge in [-0.2, -0.15) is 0 Å². The number of rotatable bonds is 3. The lowest BCUT2D eigenvalue weighted by atomic mass is 10.1. The lowest BCUT2D eigenvalue weighted by Crippen LogP contribution is -2.27. The number of amides is 1. The molecule has 3 rings (SSSR count). The quantitative estimate of drug-likeness (QED) is 0.787. The van der Waals surface area contributed by atoms with E-state index in [4.69, 9.17) is 4.42 Å². The predicted molar refractivity (Wildman–Crippen MR) is 78.5 cm³/mol. The topological polar surface area (TPSA) is 42.2 Å². The molecule has 1 N–H and O–H groups in total. The number of carbonyl (C=O) groups is 1. The molecule has 0 bridgehead atoms. The standard InChI is InChI=1S/C17H14FNO2/c1-11(16-10-12-6-2-5-9-15(12)21-16)19-17(20)13-7-3-4-8-14(13)18/h2-11H,1H3,(H,19,20)/t11-/m1/s1. The van der Waals surface area contributed by atoms with Crippen LogP contribution in [0.15, 0.2) is 59.0 Å². The monoisotopic (exact) mass is 283 g/mol. The van der Waals surface area contributed by atoms with Crippen molar-refractivity contribution in [2.75, 3.05) is 0 Å². The third kappa shape index (κ3) is 2.65. The molecule has 21 heavy (non-hydrogen) atoms. The third-order valence-electron chi connectivity index (χ3n) is 3.34. The smallest absolute Gasteiger partial charge is 0.254 e. The molecule has 0 fully saturated rings. The van der Waals surface area contributed by atoms with Crippen LogP contribution in [-0.4, -0.2) is 5.91 Å². The molecule has 1 aromatic heterocycles. The highest BCUT2D eigenvalue weighted by Gasteiger charge is 2.17. The first kappa shape index (κ1) is 13.4. The summed E-state index contributed by atoms with van der Waals surface area (Å²) in [4.78, 5) is 12.1. The minimum atomic E-state index is -0.535. The molecule has 0 saturated heterocycles. The van der Waals surface area contributed by atoms with Crippen molar-refractivity contribution in [3.05, 3.63) is 71.7 Å². The Bertz CT molecular complexity index is 761. The second-order valence-corrected chi connectivity index (χ2v) is 4.86. The summed E-state index contributed by atoms with van der Waals surface area (Å²) in [6.07, 6.45) is 0. The first-order valence-electron chi connectivity index (χ1n) is 6.69. The van der Waals surface area contributed by atoms with E-state index in [1.807, 2.05) is 30.3 Å². The van der Waals surface area contributed by atoms with E-state index in [1.165, 1.54) is 12.1 Å². The molecule has 0 saturated carbocycles. The number of furan rings is 1. The van der Waals surface area contributed by atoms with E-state index in [0.29, 0.717) is 5.76 Å². The second kappa shape index (κ2) is 5.40. The fourth-order valence-corrected chi connectivity index (χ4v) is 2.21. The molecule has 0 radical (unpaired) electrons. The van der Waals surface area contributed by atoms with Crippen molar-refractivity contribution in [3.63, 3.8) is 0 Å². The summed E-state index contributed by atoms with van der Waals surface area (Å²) >= 11 is 0. The minimum Gasteiger partial charge on any atom is -0.459 e. The lowest BCUT2D eigenvalue weighted by Gasteiger charge is -2.11. The summed E-state index contributed by atoms with van der Waals surface area (Å²) in [6, 6.07) is 15.0. The Balaban J connectivity index is 1.81. The van der Waals surface area contributed by atoms with Crippen molar-refractivity contribution in [1.82, 2.24) is 5.32 Å². The van der Waals surface area contributed by atoms with Gasteiger partial charge in [0.2, 0.25) is 0 Å². The number of hydrogen-bond acceptors (Lipinski definition) is 2. The minimum absolute atomic E-state index is 0.0282. The van der Waals surface area contributed by atoms with Gasteiger partial charge in [-0.1, -0.05) is 30.3 Å². The molecule has 3 aromatic rings. The van der Waals surface area contributed by atoms with Gasteiger partial charge in [0.05, 0.1) is 11.6 Å². The highest BCUT2D eigenvalue weighted by Crippen LogP contribution is 2.23. The molecular formula is C17H14FNO2. The zero-order valence-corrected chi connectivity index (χ0v) is 11.5. The zero-order chi connectivity index (χ0) is 14.8. The number of halogens is 1. The van der Waals surface area contributed by atoms with Crippen LogP contribution in [-0.2, 0) is 0 Å². The molecule has 106 valence electrons. The Labute approximate surface area is 121 Å². The number of benzene rings is 2. The van der Waals surface area contributed by atoms with Gasteiger partial charge >= 0.3 is 0 Å². The SMILES string of the molecule is C[C@@H](NC(=O)c1ccccc1F)c1cc2ccccc2o1. The van der Waals surface area contributed by atoms with Gasteiger partial charge < -0.3 is 9.73 Å². The fourth-order valence-electron chi connectivity index (χ4n) is 2.21. The van der Waals surface area contributed by atoms with Crippen molar-refractivity contribution < 1.29 is 13.6 Å². The van der Waals surface area contributed by atoms with E-state index in [1.54, 1.807) is 19.1 Å². The summed E-state index contributed by atoms with van der Waals surface area (Å²) in [5, 5.41) is 3.71. The second-order valence-electron chi connectivity index (χ2n) is 4.86. The molecule has 0 spiro atoms. The molecule has 2 aromatic carbocycles. The maximum Gasteiger partial charge on any atom is 0.254 e. The number of fused-ring (bicyclic) bond motifs is 1. The van der Waals surface area contributed by atoms with Gasteiger partial charge in [-0.3, -0.25) is 4.79 Å². The average Bonchev–Trinajstić information content (AvgIpc) is 2.91. The average molecular weight is 283 g/mol. The Kier molecular flexibility index (Phi) is 3.44. The Morgan fingerprint density at radius 1 is 1.14 bits per heavy atom. The maximum absolute atomic E-state index is 13.6. The highest BCUT2D eigenvalue weighted by atomic mass is 19.1. The van der Waals surface area contributed by atoms with Gasteiger partial charge in [0.25, 0.3) is 5.91 Å². The largest absolute Gasteiger partial charge is 0.459 e.